The molecule has 28 heavy (non-hydrogen) atoms. The molecule has 0 aliphatic heterocycles. The number of nitrogens with one attached hydrogen (secondary N) is 1. The summed E-state index contributed by atoms with van der Waals surface area (Å²) < 4.78 is 19.8. The summed E-state index contributed by atoms with van der Waals surface area (Å²) in [6, 6.07) is 13.0. The predicted molar refractivity (Wildman–Crippen MR) is 101 cm³/mol. The first-order chi connectivity index (χ1) is 13.5. The lowest BCUT2D eigenvalue weighted by atomic mass is 10.1. The van der Waals surface area contributed by atoms with Gasteiger partial charge in [-0.15, -0.1) is 0 Å². The maximum atomic E-state index is 13.5. The van der Waals surface area contributed by atoms with Gasteiger partial charge in [0.15, 0.2) is 0 Å². The minimum Gasteiger partial charge on any atom is -0.335 e. The molecule has 0 aliphatic carbocycles. The molecule has 0 atom stereocenters. The average molecular weight is 378 g/mol. The maximum absolute atomic E-state index is 13.5. The average Bonchev–Trinajstić information content (AvgIpc) is 3.11. The Bertz CT molecular complexity index is 1230. The topological polar surface area (TPSA) is 90.0 Å². The first-order valence-electron chi connectivity index (χ1n) is 8.48. The van der Waals surface area contributed by atoms with Crippen LogP contribution in [-0.2, 0) is 11.3 Å². The first-order valence-corrected chi connectivity index (χ1v) is 8.48. The summed E-state index contributed by atoms with van der Waals surface area (Å²) in [4.78, 5) is 29.2. The third-order valence-corrected chi connectivity index (χ3v) is 4.21. The lowest BCUT2D eigenvalue weighted by Gasteiger charge is -2.07. The summed E-state index contributed by atoms with van der Waals surface area (Å²) in [6.07, 6.45) is 1.22. The lowest BCUT2D eigenvalue weighted by Crippen LogP contribution is -2.27. The second kappa shape index (κ2) is 7.07. The monoisotopic (exact) mass is 378 g/mol. The van der Waals surface area contributed by atoms with E-state index >= 15 is 0 Å². The van der Waals surface area contributed by atoms with Gasteiger partial charge >= 0.3 is 0 Å². The highest BCUT2D eigenvalue weighted by Gasteiger charge is 2.18. The van der Waals surface area contributed by atoms with Crippen LogP contribution in [0.2, 0.25) is 0 Å². The Hall–Kier alpha value is -3.81. The number of benzene rings is 2. The van der Waals surface area contributed by atoms with Gasteiger partial charge in [0.05, 0.1) is 0 Å². The van der Waals surface area contributed by atoms with Crippen LogP contribution in [0.5, 0.6) is 0 Å². The molecule has 8 heteroatoms. The van der Waals surface area contributed by atoms with Gasteiger partial charge in [-0.25, -0.2) is 9.37 Å². The van der Waals surface area contributed by atoms with E-state index in [0.29, 0.717) is 11.3 Å². The van der Waals surface area contributed by atoms with Crippen molar-refractivity contribution in [3.8, 4) is 11.3 Å². The van der Waals surface area contributed by atoms with Gasteiger partial charge in [0, 0.05) is 11.3 Å². The number of fused-ring (bicyclic) bond motifs is 1. The Balaban J connectivity index is 1.66. The molecule has 0 aliphatic rings. The van der Waals surface area contributed by atoms with Crippen LogP contribution in [0.25, 0.3) is 22.4 Å². The van der Waals surface area contributed by atoms with Crippen molar-refractivity contribution in [3.05, 3.63) is 76.6 Å². The number of nitrogens with zero attached hydrogens (tertiary/aromatic N) is 3. The highest BCUT2D eigenvalue weighted by Crippen LogP contribution is 2.24. The molecule has 0 saturated carbocycles. The van der Waals surface area contributed by atoms with Gasteiger partial charge in [0.1, 0.15) is 29.8 Å². The van der Waals surface area contributed by atoms with Crippen LogP contribution in [0.4, 0.5) is 10.1 Å². The molecule has 4 rings (SSSR count). The number of hydrogen-bond donors (Lipinski definition) is 1. The number of hydrogen-bond acceptors (Lipinski definition) is 5. The van der Waals surface area contributed by atoms with Crippen LogP contribution < -0.4 is 10.9 Å². The van der Waals surface area contributed by atoms with Crippen molar-refractivity contribution >= 4 is 22.7 Å². The molecule has 4 aromatic rings. The normalized spacial score (nSPS) is 10.9. The molecule has 0 saturated heterocycles. The fourth-order valence-corrected chi connectivity index (χ4v) is 2.82. The number of halogens is 1. The van der Waals surface area contributed by atoms with Crippen LogP contribution in [0.1, 0.15) is 5.56 Å². The molecular weight excluding hydrogens is 363 g/mol. The Morgan fingerprint density at radius 3 is 2.75 bits per heavy atom. The number of aryl methyl sites for hydroxylation is 1. The Labute approximate surface area is 158 Å². The number of aromatic nitrogens is 3. The van der Waals surface area contributed by atoms with Crippen LogP contribution >= 0.6 is 0 Å². The van der Waals surface area contributed by atoms with Crippen LogP contribution in [0.15, 0.2) is 64.2 Å². The summed E-state index contributed by atoms with van der Waals surface area (Å²) in [6.45, 7) is 1.71. The largest absolute Gasteiger partial charge is 0.335 e. The van der Waals surface area contributed by atoms with E-state index in [0.717, 1.165) is 10.1 Å². The fraction of sp³-hybridized carbons (Fsp3) is 0.100. The van der Waals surface area contributed by atoms with Gasteiger partial charge in [-0.1, -0.05) is 35.0 Å². The van der Waals surface area contributed by atoms with E-state index in [1.165, 1.54) is 24.5 Å². The summed E-state index contributed by atoms with van der Waals surface area (Å²) in [5.74, 6) is -0.841. The molecule has 0 bridgehead atoms. The number of rotatable bonds is 4. The van der Waals surface area contributed by atoms with E-state index in [2.05, 4.69) is 15.5 Å². The van der Waals surface area contributed by atoms with E-state index in [1.807, 2.05) is 19.1 Å². The minimum atomic E-state index is -0.496. The third-order valence-electron chi connectivity index (χ3n) is 4.21. The van der Waals surface area contributed by atoms with Gasteiger partial charge in [0.2, 0.25) is 5.91 Å². The van der Waals surface area contributed by atoms with Crippen molar-refractivity contribution < 1.29 is 13.7 Å². The van der Waals surface area contributed by atoms with Crippen molar-refractivity contribution in [3.63, 3.8) is 0 Å². The Morgan fingerprint density at radius 1 is 1.21 bits per heavy atom. The van der Waals surface area contributed by atoms with Crippen LogP contribution in [0.3, 0.4) is 0 Å². The van der Waals surface area contributed by atoms with Gasteiger partial charge in [-0.05, 0) is 31.2 Å². The minimum absolute atomic E-state index is 0.0273. The third kappa shape index (κ3) is 3.39. The molecule has 2 aromatic heterocycles. The summed E-state index contributed by atoms with van der Waals surface area (Å²) in [5.41, 5.74) is 1.80. The zero-order chi connectivity index (χ0) is 19.7. The van der Waals surface area contributed by atoms with Crippen LogP contribution in [0, 0.1) is 12.7 Å². The van der Waals surface area contributed by atoms with E-state index in [-0.39, 0.29) is 29.2 Å². The molecule has 2 heterocycles. The van der Waals surface area contributed by atoms with Gasteiger partial charge in [0.25, 0.3) is 11.3 Å². The molecule has 0 unspecified atom stereocenters. The molecule has 1 amide bonds. The summed E-state index contributed by atoms with van der Waals surface area (Å²) in [5, 5.41) is 6.66. The quantitative estimate of drug-likeness (QED) is 0.589. The molecule has 2 aromatic carbocycles. The zero-order valence-corrected chi connectivity index (χ0v) is 14.8. The van der Waals surface area contributed by atoms with E-state index in [9.17, 15) is 14.0 Å². The SMILES string of the molecule is Cc1ccc(NC(=O)Cn2cnc3onc(-c4cccc(F)c4)c3c2=O)cc1. The highest BCUT2D eigenvalue weighted by molar-refractivity contribution is 5.91. The standard InChI is InChI=1S/C20H15FN4O3/c1-12-5-7-15(8-6-12)23-16(26)10-25-11-22-19-17(20(25)27)18(24-28-19)13-3-2-4-14(21)9-13/h2-9,11H,10H2,1H3,(H,23,26). The molecular formula is C20H15FN4O3. The fourth-order valence-electron chi connectivity index (χ4n) is 2.82. The van der Waals surface area contributed by atoms with E-state index in [1.54, 1.807) is 18.2 Å². The smallest absolute Gasteiger partial charge is 0.267 e. The molecule has 140 valence electrons. The summed E-state index contributed by atoms with van der Waals surface area (Å²) >= 11 is 0. The molecule has 0 radical (unpaired) electrons. The van der Waals surface area contributed by atoms with Gasteiger partial charge in [-0.3, -0.25) is 14.2 Å². The van der Waals surface area contributed by atoms with E-state index < -0.39 is 11.4 Å². The molecule has 1 N–H and O–H groups in total. The first kappa shape index (κ1) is 17.6. The van der Waals surface area contributed by atoms with Crippen molar-refractivity contribution in [2.75, 3.05) is 5.32 Å². The van der Waals surface area contributed by atoms with Crippen molar-refractivity contribution in [2.24, 2.45) is 0 Å². The predicted octanol–water partition coefficient (Wildman–Crippen LogP) is 3.14. The maximum Gasteiger partial charge on any atom is 0.267 e. The molecule has 0 fully saturated rings. The molecule has 7 nitrogen and oxygen atoms in total. The van der Waals surface area contributed by atoms with Crippen molar-refractivity contribution in [1.29, 1.82) is 0 Å². The van der Waals surface area contributed by atoms with E-state index in [4.69, 9.17) is 4.52 Å². The number of carbonyl (C=O) groups is 1. The number of carbonyl (C=O) groups excluding carboxylic acids is 1. The van der Waals surface area contributed by atoms with Crippen molar-refractivity contribution in [1.82, 2.24) is 14.7 Å². The second-order valence-electron chi connectivity index (χ2n) is 6.31. The second-order valence-corrected chi connectivity index (χ2v) is 6.31. The molecule has 0 spiro atoms. The lowest BCUT2D eigenvalue weighted by molar-refractivity contribution is -0.116. The van der Waals surface area contributed by atoms with Crippen molar-refractivity contribution in [2.45, 2.75) is 13.5 Å². The van der Waals surface area contributed by atoms with Gasteiger partial charge in [-0.2, -0.15) is 0 Å². The number of anilines is 1. The highest BCUT2D eigenvalue weighted by atomic mass is 19.1. The van der Waals surface area contributed by atoms with Gasteiger partial charge < -0.3 is 9.84 Å². The zero-order valence-electron chi connectivity index (χ0n) is 14.8. The Morgan fingerprint density at radius 2 is 2.00 bits per heavy atom. The number of amides is 1. The van der Waals surface area contributed by atoms with Crippen LogP contribution in [-0.4, -0.2) is 20.6 Å². The Kier molecular flexibility index (Phi) is 4.44. The summed E-state index contributed by atoms with van der Waals surface area (Å²) in [7, 11) is 0.